The van der Waals surface area contributed by atoms with Gasteiger partial charge >= 0.3 is 5.97 Å². The summed E-state index contributed by atoms with van der Waals surface area (Å²) >= 11 is 0. The van der Waals surface area contributed by atoms with E-state index in [4.69, 9.17) is 4.74 Å². The van der Waals surface area contributed by atoms with Gasteiger partial charge in [0.15, 0.2) is 0 Å². The molecule has 1 unspecified atom stereocenters. The Bertz CT molecular complexity index is 1250. The Labute approximate surface area is 174 Å². The molecule has 1 amide bonds. The van der Waals surface area contributed by atoms with Crippen molar-refractivity contribution in [2.24, 2.45) is 13.0 Å². The molecule has 1 atom stereocenters. The number of methoxy groups -OCH3 is 1. The molecule has 0 saturated carbocycles. The number of hydrogen-bond acceptors (Lipinski definition) is 4. The quantitative estimate of drug-likeness (QED) is 0.623. The number of carbonyl (C=O) groups is 2. The molecule has 6 nitrogen and oxygen atoms in total. The van der Waals surface area contributed by atoms with E-state index in [0.29, 0.717) is 12.0 Å². The molecule has 152 valence electrons. The average Bonchev–Trinajstić information content (AvgIpc) is 3.06. The summed E-state index contributed by atoms with van der Waals surface area (Å²) in [7, 11) is 3.36. The van der Waals surface area contributed by atoms with Crippen molar-refractivity contribution in [2.75, 3.05) is 7.11 Å². The molecule has 2 aromatic heterocycles. The predicted octanol–water partition coefficient (Wildman–Crippen LogP) is 3.87. The van der Waals surface area contributed by atoms with E-state index in [1.165, 1.54) is 18.9 Å². The maximum Gasteiger partial charge on any atom is 0.335 e. The van der Waals surface area contributed by atoms with Gasteiger partial charge in [-0.15, -0.1) is 0 Å². The molecule has 0 radical (unpaired) electrons. The third-order valence-corrected chi connectivity index (χ3v) is 5.65. The van der Waals surface area contributed by atoms with Gasteiger partial charge in [-0.05, 0) is 17.7 Å². The Morgan fingerprint density at radius 3 is 2.67 bits per heavy atom. The number of ether oxygens (including phenoxy) is 1. The first kappa shape index (κ1) is 19.6. The van der Waals surface area contributed by atoms with Gasteiger partial charge in [-0.3, -0.25) is 14.7 Å². The molecule has 0 spiro atoms. The van der Waals surface area contributed by atoms with Crippen molar-refractivity contribution in [3.63, 3.8) is 0 Å². The standard InChI is InChI=1S/C24H23N3O3/c1-5-16-13-27(15(2)28)14-20(24(29)30-4)19(16)12-21-23-18(10-11-25-21)17-8-6-7-9-22(17)26(23)3/h5-11,13-14,19H,1,12H2,2-4H3. The largest absolute Gasteiger partial charge is 0.466 e. The number of pyridine rings is 1. The molecule has 1 aromatic carbocycles. The van der Waals surface area contributed by atoms with Crippen LogP contribution in [0.5, 0.6) is 0 Å². The minimum absolute atomic E-state index is 0.192. The number of fused-ring (bicyclic) bond motifs is 3. The van der Waals surface area contributed by atoms with Gasteiger partial charge in [-0.25, -0.2) is 4.79 Å². The SMILES string of the molecule is C=CC1=CN(C(C)=O)C=C(C(=O)OC)C1Cc1nccc2c3ccccc3n(C)c12. The second-order valence-electron chi connectivity index (χ2n) is 7.32. The molecule has 3 aromatic rings. The van der Waals surface area contributed by atoms with Crippen molar-refractivity contribution < 1.29 is 14.3 Å². The Balaban J connectivity index is 1.86. The number of benzene rings is 1. The van der Waals surface area contributed by atoms with Gasteiger partial charge in [0.25, 0.3) is 0 Å². The summed E-state index contributed by atoms with van der Waals surface area (Å²) in [4.78, 5) is 30.5. The molecule has 0 aliphatic carbocycles. The third kappa shape index (κ3) is 3.10. The Morgan fingerprint density at radius 1 is 1.20 bits per heavy atom. The number of nitrogens with zero attached hydrogens (tertiary/aromatic N) is 3. The van der Waals surface area contributed by atoms with E-state index in [1.54, 1.807) is 24.7 Å². The fourth-order valence-corrected chi connectivity index (χ4v) is 4.17. The van der Waals surface area contributed by atoms with E-state index in [2.05, 4.69) is 28.3 Å². The van der Waals surface area contributed by atoms with Crippen LogP contribution in [-0.4, -0.2) is 33.4 Å². The zero-order chi connectivity index (χ0) is 21.4. The zero-order valence-corrected chi connectivity index (χ0v) is 17.3. The minimum Gasteiger partial charge on any atom is -0.466 e. The molecular weight excluding hydrogens is 378 g/mol. The Morgan fingerprint density at radius 2 is 1.97 bits per heavy atom. The summed E-state index contributed by atoms with van der Waals surface area (Å²) in [5.41, 5.74) is 4.19. The minimum atomic E-state index is -0.470. The van der Waals surface area contributed by atoms with Crippen molar-refractivity contribution in [1.29, 1.82) is 0 Å². The van der Waals surface area contributed by atoms with Crippen molar-refractivity contribution in [3.8, 4) is 0 Å². The summed E-state index contributed by atoms with van der Waals surface area (Å²) in [6, 6.07) is 10.2. The fraction of sp³-hybridized carbons (Fsp3) is 0.208. The average molecular weight is 401 g/mol. The molecule has 3 heterocycles. The number of carbonyl (C=O) groups excluding carboxylic acids is 2. The molecule has 4 rings (SSSR count). The highest BCUT2D eigenvalue weighted by Gasteiger charge is 2.31. The van der Waals surface area contributed by atoms with E-state index in [1.807, 2.05) is 25.2 Å². The third-order valence-electron chi connectivity index (χ3n) is 5.65. The van der Waals surface area contributed by atoms with Gasteiger partial charge in [-0.2, -0.15) is 0 Å². The number of amides is 1. The number of aromatic nitrogens is 2. The molecule has 1 aliphatic rings. The van der Waals surface area contributed by atoms with Crippen molar-refractivity contribution in [1.82, 2.24) is 14.5 Å². The van der Waals surface area contributed by atoms with Crippen LogP contribution in [0.3, 0.4) is 0 Å². The van der Waals surface area contributed by atoms with Gasteiger partial charge in [0.05, 0.1) is 23.9 Å². The van der Waals surface area contributed by atoms with E-state index in [0.717, 1.165) is 33.1 Å². The Kier molecular flexibility index (Phi) is 4.99. The summed E-state index contributed by atoms with van der Waals surface area (Å²) in [6.45, 7) is 5.34. The van der Waals surface area contributed by atoms with Gasteiger partial charge < -0.3 is 9.30 Å². The molecule has 30 heavy (non-hydrogen) atoms. The van der Waals surface area contributed by atoms with Crippen LogP contribution in [0.1, 0.15) is 12.6 Å². The number of para-hydroxylation sites is 1. The van der Waals surface area contributed by atoms with Crippen LogP contribution in [-0.2, 0) is 27.8 Å². The monoisotopic (exact) mass is 401 g/mol. The molecule has 0 bridgehead atoms. The second-order valence-corrected chi connectivity index (χ2v) is 7.32. The van der Waals surface area contributed by atoms with Crippen LogP contribution in [0.25, 0.3) is 21.8 Å². The highest BCUT2D eigenvalue weighted by Crippen LogP contribution is 2.35. The summed E-state index contributed by atoms with van der Waals surface area (Å²) in [6.07, 6.45) is 7.22. The lowest BCUT2D eigenvalue weighted by Crippen LogP contribution is -2.29. The van der Waals surface area contributed by atoms with Gasteiger partial charge in [0.1, 0.15) is 0 Å². The topological polar surface area (TPSA) is 64.4 Å². The lowest BCUT2D eigenvalue weighted by molar-refractivity contribution is -0.136. The number of rotatable bonds is 4. The van der Waals surface area contributed by atoms with Crippen LogP contribution in [0.15, 0.2) is 72.7 Å². The second kappa shape index (κ2) is 7.63. The predicted molar refractivity (Wildman–Crippen MR) is 116 cm³/mol. The first-order valence-electron chi connectivity index (χ1n) is 9.70. The highest BCUT2D eigenvalue weighted by atomic mass is 16.5. The van der Waals surface area contributed by atoms with E-state index >= 15 is 0 Å². The van der Waals surface area contributed by atoms with Gasteiger partial charge in [-0.1, -0.05) is 30.9 Å². The zero-order valence-electron chi connectivity index (χ0n) is 17.3. The summed E-state index contributed by atoms with van der Waals surface area (Å²) < 4.78 is 7.14. The van der Waals surface area contributed by atoms with Crippen LogP contribution in [0, 0.1) is 5.92 Å². The summed E-state index contributed by atoms with van der Waals surface area (Å²) in [5, 5.41) is 2.28. The summed E-state index contributed by atoms with van der Waals surface area (Å²) in [5.74, 6) is -0.979. The highest BCUT2D eigenvalue weighted by molar-refractivity contribution is 6.08. The smallest absolute Gasteiger partial charge is 0.335 e. The van der Waals surface area contributed by atoms with Gasteiger partial charge in [0.2, 0.25) is 5.91 Å². The van der Waals surface area contributed by atoms with E-state index in [9.17, 15) is 9.59 Å². The number of hydrogen-bond donors (Lipinski definition) is 0. The maximum atomic E-state index is 12.6. The van der Waals surface area contributed by atoms with Crippen LogP contribution >= 0.6 is 0 Å². The maximum absolute atomic E-state index is 12.6. The van der Waals surface area contributed by atoms with Crippen LogP contribution in [0.4, 0.5) is 0 Å². The van der Waals surface area contributed by atoms with Crippen LogP contribution in [0.2, 0.25) is 0 Å². The molecule has 0 fully saturated rings. The van der Waals surface area contributed by atoms with Crippen molar-refractivity contribution >= 4 is 33.7 Å². The molecule has 0 saturated heterocycles. The molecule has 0 N–H and O–H groups in total. The first-order valence-corrected chi connectivity index (χ1v) is 9.70. The normalized spacial score (nSPS) is 16.4. The first-order chi connectivity index (χ1) is 14.5. The van der Waals surface area contributed by atoms with Crippen LogP contribution < -0.4 is 0 Å². The Hall–Kier alpha value is -3.67. The van der Waals surface area contributed by atoms with E-state index in [-0.39, 0.29) is 11.8 Å². The lowest BCUT2D eigenvalue weighted by atomic mass is 9.85. The van der Waals surface area contributed by atoms with E-state index < -0.39 is 5.97 Å². The fourth-order valence-electron chi connectivity index (χ4n) is 4.17. The molecule has 1 aliphatic heterocycles. The van der Waals surface area contributed by atoms with Gasteiger partial charge in [0, 0.05) is 61.2 Å². The molecule has 6 heteroatoms. The lowest BCUT2D eigenvalue weighted by Gasteiger charge is -2.28. The van der Waals surface area contributed by atoms with Crippen molar-refractivity contribution in [2.45, 2.75) is 13.3 Å². The number of allylic oxidation sites excluding steroid dienone is 2. The van der Waals surface area contributed by atoms with Crippen molar-refractivity contribution in [3.05, 3.63) is 78.4 Å². The number of aryl methyl sites for hydroxylation is 1. The number of esters is 1. The molecular formula is C24H23N3O3.